The van der Waals surface area contributed by atoms with Gasteiger partial charge in [0.05, 0.1) is 22.8 Å². The summed E-state index contributed by atoms with van der Waals surface area (Å²) in [5.74, 6) is -1.13. The number of carbonyl (C=O) groups is 2. The van der Waals surface area contributed by atoms with Crippen molar-refractivity contribution in [2.24, 2.45) is 0 Å². The smallest absolute Gasteiger partial charge is 0.271 e. The van der Waals surface area contributed by atoms with Gasteiger partial charge in [0.1, 0.15) is 17.4 Å². The fourth-order valence-corrected chi connectivity index (χ4v) is 5.02. The SMILES string of the molecule is CNC(=O)c1cnc2ccc(N3C[C@@H](NC(=O)c4cc(Cl)cc(Cl)c4O)C[C@@H]3c3cccc(F)c3)nn12. The van der Waals surface area contributed by atoms with E-state index < -0.39 is 11.9 Å². The average Bonchev–Trinajstić information content (AvgIpc) is 3.49. The predicted molar refractivity (Wildman–Crippen MR) is 137 cm³/mol. The summed E-state index contributed by atoms with van der Waals surface area (Å²) < 4.78 is 15.6. The third-order valence-electron chi connectivity index (χ3n) is 6.24. The first-order chi connectivity index (χ1) is 17.7. The summed E-state index contributed by atoms with van der Waals surface area (Å²) in [5, 5.41) is 20.6. The van der Waals surface area contributed by atoms with Crippen molar-refractivity contribution in [2.75, 3.05) is 18.5 Å². The van der Waals surface area contributed by atoms with E-state index in [9.17, 15) is 19.1 Å². The molecule has 0 unspecified atom stereocenters. The lowest BCUT2D eigenvalue weighted by molar-refractivity contribution is 0.0934. The second-order valence-corrected chi connectivity index (χ2v) is 9.44. The van der Waals surface area contributed by atoms with Crippen LogP contribution < -0.4 is 15.5 Å². The first-order valence-corrected chi connectivity index (χ1v) is 12.1. The van der Waals surface area contributed by atoms with Crippen LogP contribution in [0.1, 0.15) is 38.9 Å². The molecule has 9 nitrogen and oxygen atoms in total. The van der Waals surface area contributed by atoms with Crippen LogP contribution in [0, 0.1) is 5.82 Å². The summed E-state index contributed by atoms with van der Waals surface area (Å²) in [6.07, 6.45) is 1.86. The number of phenols is 1. The van der Waals surface area contributed by atoms with E-state index in [1.165, 1.54) is 42.0 Å². The zero-order valence-corrected chi connectivity index (χ0v) is 21.0. The first kappa shape index (κ1) is 24.8. The number of rotatable bonds is 5. The number of fused-ring (bicyclic) bond motifs is 1. The number of carbonyl (C=O) groups excluding carboxylic acids is 2. The second kappa shape index (κ2) is 9.87. The van der Waals surface area contributed by atoms with E-state index in [2.05, 4.69) is 20.7 Å². The lowest BCUT2D eigenvalue weighted by Crippen LogP contribution is -2.37. The minimum atomic E-state index is -0.549. The highest BCUT2D eigenvalue weighted by molar-refractivity contribution is 6.36. The van der Waals surface area contributed by atoms with Crippen molar-refractivity contribution in [1.29, 1.82) is 0 Å². The molecule has 3 N–H and O–H groups in total. The van der Waals surface area contributed by atoms with Crippen molar-refractivity contribution in [1.82, 2.24) is 25.2 Å². The van der Waals surface area contributed by atoms with Crippen LogP contribution in [-0.2, 0) is 0 Å². The summed E-state index contributed by atoms with van der Waals surface area (Å²) in [6.45, 7) is 0.324. The molecule has 0 spiro atoms. The number of imidazole rings is 1. The van der Waals surface area contributed by atoms with Crippen LogP contribution in [0.2, 0.25) is 10.0 Å². The van der Waals surface area contributed by atoms with Gasteiger partial charge >= 0.3 is 0 Å². The van der Waals surface area contributed by atoms with Crippen molar-refractivity contribution in [3.63, 3.8) is 0 Å². The number of nitrogens with zero attached hydrogens (tertiary/aromatic N) is 4. The van der Waals surface area contributed by atoms with E-state index in [1.54, 1.807) is 24.3 Å². The molecule has 3 heterocycles. The van der Waals surface area contributed by atoms with Crippen LogP contribution in [0.5, 0.6) is 5.75 Å². The molecule has 0 saturated carbocycles. The Labute approximate surface area is 220 Å². The van der Waals surface area contributed by atoms with Crippen LogP contribution in [0.15, 0.2) is 54.7 Å². The van der Waals surface area contributed by atoms with Crippen LogP contribution in [0.4, 0.5) is 10.2 Å². The quantitative estimate of drug-likeness (QED) is 0.351. The van der Waals surface area contributed by atoms with E-state index in [0.29, 0.717) is 30.0 Å². The number of aromatic nitrogens is 3. The van der Waals surface area contributed by atoms with Gasteiger partial charge in [-0.15, -0.1) is 5.10 Å². The Balaban J connectivity index is 1.49. The highest BCUT2D eigenvalue weighted by atomic mass is 35.5. The molecule has 1 saturated heterocycles. The van der Waals surface area contributed by atoms with Crippen molar-refractivity contribution in [3.05, 3.63) is 87.4 Å². The molecule has 2 amide bonds. The number of aromatic hydroxyl groups is 1. The average molecular weight is 543 g/mol. The fourth-order valence-electron chi connectivity index (χ4n) is 4.53. The second-order valence-electron chi connectivity index (χ2n) is 8.60. The number of amides is 2. The van der Waals surface area contributed by atoms with Gasteiger partial charge in [0.25, 0.3) is 11.8 Å². The third kappa shape index (κ3) is 4.77. The number of phenolic OH excluding ortho intramolecular Hbond substituents is 1. The highest BCUT2D eigenvalue weighted by Crippen LogP contribution is 2.37. The maximum absolute atomic E-state index is 14.1. The first-order valence-electron chi connectivity index (χ1n) is 11.3. The van der Waals surface area contributed by atoms with E-state index >= 15 is 0 Å². The summed E-state index contributed by atoms with van der Waals surface area (Å²) in [5.41, 5.74) is 1.40. The third-order valence-corrected chi connectivity index (χ3v) is 6.75. The number of anilines is 1. The number of hydrogen-bond acceptors (Lipinski definition) is 6. The monoisotopic (exact) mass is 542 g/mol. The Bertz CT molecular complexity index is 1530. The molecule has 1 aliphatic rings. The molecule has 0 aliphatic carbocycles. The van der Waals surface area contributed by atoms with Crippen LogP contribution in [0.3, 0.4) is 0 Å². The van der Waals surface area contributed by atoms with E-state index in [0.717, 1.165) is 0 Å². The molecule has 190 valence electrons. The Morgan fingerprint density at radius 3 is 2.70 bits per heavy atom. The van der Waals surface area contributed by atoms with Gasteiger partial charge in [-0.3, -0.25) is 9.59 Å². The zero-order chi connectivity index (χ0) is 26.3. The summed E-state index contributed by atoms with van der Waals surface area (Å²) >= 11 is 12.0. The molecule has 5 rings (SSSR count). The maximum Gasteiger partial charge on any atom is 0.271 e. The maximum atomic E-state index is 14.1. The fraction of sp³-hybridized carbons (Fsp3) is 0.200. The van der Waals surface area contributed by atoms with Crippen molar-refractivity contribution >= 4 is 46.5 Å². The number of hydrogen-bond donors (Lipinski definition) is 3. The molecule has 0 bridgehead atoms. The minimum Gasteiger partial charge on any atom is -0.506 e. The molecule has 1 fully saturated rings. The van der Waals surface area contributed by atoms with Gasteiger partial charge in [0.15, 0.2) is 11.3 Å². The molecule has 2 aromatic carbocycles. The standard InChI is InChI=1S/C25H21Cl2FN6O3/c1-29-25(37)20-11-30-21-5-6-22(32-34(20)21)33-12-16(10-19(33)13-3-2-4-15(28)7-13)31-24(36)17-8-14(26)9-18(27)23(17)35/h2-9,11,16,19,35H,10,12H2,1H3,(H,29,37)(H,31,36)/t16-,19+/m0/s1. The van der Waals surface area contributed by atoms with Gasteiger partial charge in [0, 0.05) is 24.7 Å². The van der Waals surface area contributed by atoms with E-state index in [4.69, 9.17) is 23.2 Å². The van der Waals surface area contributed by atoms with Crippen LogP contribution in [0.25, 0.3) is 5.65 Å². The molecule has 0 radical (unpaired) electrons. The largest absolute Gasteiger partial charge is 0.506 e. The van der Waals surface area contributed by atoms with E-state index in [-0.39, 0.29) is 44.8 Å². The van der Waals surface area contributed by atoms with Crippen molar-refractivity contribution < 1.29 is 19.1 Å². The normalized spacial score (nSPS) is 17.2. The summed E-state index contributed by atoms with van der Waals surface area (Å²) in [6, 6.07) is 11.7. The Morgan fingerprint density at radius 2 is 1.95 bits per heavy atom. The highest BCUT2D eigenvalue weighted by Gasteiger charge is 2.36. The molecule has 4 aromatic rings. The molecule has 37 heavy (non-hydrogen) atoms. The number of benzene rings is 2. The Hall–Kier alpha value is -3.89. The molecule has 12 heteroatoms. The van der Waals surface area contributed by atoms with Crippen molar-refractivity contribution in [2.45, 2.75) is 18.5 Å². The van der Waals surface area contributed by atoms with Gasteiger partial charge in [-0.05, 0) is 48.4 Å². The lowest BCUT2D eigenvalue weighted by atomic mass is 10.0. The van der Waals surface area contributed by atoms with Gasteiger partial charge in [-0.2, -0.15) is 0 Å². The minimum absolute atomic E-state index is 0.0342. The molecular weight excluding hydrogens is 522 g/mol. The molecule has 1 aliphatic heterocycles. The summed E-state index contributed by atoms with van der Waals surface area (Å²) in [7, 11) is 1.52. The molecule has 2 atom stereocenters. The van der Waals surface area contributed by atoms with Gasteiger partial charge < -0.3 is 20.6 Å². The van der Waals surface area contributed by atoms with Gasteiger partial charge in [-0.25, -0.2) is 13.9 Å². The zero-order valence-electron chi connectivity index (χ0n) is 19.5. The van der Waals surface area contributed by atoms with Gasteiger partial charge in [-0.1, -0.05) is 35.3 Å². The van der Waals surface area contributed by atoms with Crippen LogP contribution >= 0.6 is 23.2 Å². The Kier molecular flexibility index (Phi) is 6.61. The van der Waals surface area contributed by atoms with E-state index in [1.807, 2.05) is 4.90 Å². The topological polar surface area (TPSA) is 112 Å². The van der Waals surface area contributed by atoms with Crippen LogP contribution in [-0.4, -0.2) is 51.2 Å². The predicted octanol–water partition coefficient (Wildman–Crippen LogP) is 3.99. The molecular formula is C25H21Cl2FN6O3. The Morgan fingerprint density at radius 1 is 1.14 bits per heavy atom. The number of nitrogens with one attached hydrogen (secondary N) is 2. The lowest BCUT2D eigenvalue weighted by Gasteiger charge is -2.26. The van der Waals surface area contributed by atoms with Gasteiger partial charge in [0.2, 0.25) is 0 Å². The van der Waals surface area contributed by atoms with Crippen molar-refractivity contribution in [3.8, 4) is 5.75 Å². The summed E-state index contributed by atoms with van der Waals surface area (Å²) in [4.78, 5) is 31.4. The molecule has 2 aromatic heterocycles. The number of halogens is 3.